The van der Waals surface area contributed by atoms with E-state index in [0.29, 0.717) is 5.41 Å². The zero-order valence-corrected chi connectivity index (χ0v) is 11.3. The van der Waals surface area contributed by atoms with Gasteiger partial charge in [-0.3, -0.25) is 0 Å². The summed E-state index contributed by atoms with van der Waals surface area (Å²) >= 11 is 0. The molecule has 1 aromatic rings. The van der Waals surface area contributed by atoms with Crippen molar-refractivity contribution in [3.63, 3.8) is 0 Å². The van der Waals surface area contributed by atoms with E-state index >= 15 is 0 Å². The third-order valence-electron chi connectivity index (χ3n) is 2.50. The average molecular weight is 224 g/mol. The Bertz CT molecular complexity index is 333. The SMILES string of the molecule is Cn1cnnc1CNC(C)(C)CC(C)(C)C. The van der Waals surface area contributed by atoms with Gasteiger partial charge in [0.25, 0.3) is 0 Å². The molecule has 4 nitrogen and oxygen atoms in total. The van der Waals surface area contributed by atoms with Crippen LogP contribution in [0.2, 0.25) is 0 Å². The van der Waals surface area contributed by atoms with Crippen molar-refractivity contribution in [3.8, 4) is 0 Å². The van der Waals surface area contributed by atoms with E-state index in [1.807, 2.05) is 11.6 Å². The van der Waals surface area contributed by atoms with Crippen molar-refractivity contribution in [2.75, 3.05) is 0 Å². The van der Waals surface area contributed by atoms with Crippen LogP contribution in [0.4, 0.5) is 0 Å². The highest BCUT2D eigenvalue weighted by atomic mass is 15.3. The molecule has 92 valence electrons. The zero-order valence-electron chi connectivity index (χ0n) is 11.3. The van der Waals surface area contributed by atoms with Crippen LogP contribution in [0.1, 0.15) is 46.9 Å². The lowest BCUT2D eigenvalue weighted by Gasteiger charge is -2.33. The van der Waals surface area contributed by atoms with Crippen LogP contribution in [0.3, 0.4) is 0 Å². The predicted octanol–water partition coefficient (Wildman–Crippen LogP) is 2.12. The van der Waals surface area contributed by atoms with Gasteiger partial charge in [-0.2, -0.15) is 0 Å². The van der Waals surface area contributed by atoms with Crippen LogP contribution >= 0.6 is 0 Å². The molecule has 0 fully saturated rings. The van der Waals surface area contributed by atoms with E-state index in [9.17, 15) is 0 Å². The number of hydrogen-bond acceptors (Lipinski definition) is 3. The van der Waals surface area contributed by atoms with E-state index in [4.69, 9.17) is 0 Å². The monoisotopic (exact) mass is 224 g/mol. The molecule has 0 saturated heterocycles. The first-order valence-corrected chi connectivity index (χ1v) is 5.78. The van der Waals surface area contributed by atoms with Crippen LogP contribution in [-0.4, -0.2) is 20.3 Å². The highest BCUT2D eigenvalue weighted by Crippen LogP contribution is 2.26. The molecule has 0 aliphatic heterocycles. The van der Waals surface area contributed by atoms with Gasteiger partial charge >= 0.3 is 0 Å². The smallest absolute Gasteiger partial charge is 0.146 e. The van der Waals surface area contributed by atoms with Gasteiger partial charge in [-0.05, 0) is 25.7 Å². The largest absolute Gasteiger partial charge is 0.320 e. The maximum absolute atomic E-state index is 4.07. The minimum atomic E-state index is 0.115. The van der Waals surface area contributed by atoms with Crippen LogP contribution in [0, 0.1) is 5.41 Å². The molecule has 0 spiro atoms. The van der Waals surface area contributed by atoms with Gasteiger partial charge in [0.2, 0.25) is 0 Å². The molecular weight excluding hydrogens is 200 g/mol. The highest BCUT2D eigenvalue weighted by molar-refractivity contribution is 4.89. The van der Waals surface area contributed by atoms with Gasteiger partial charge in [0, 0.05) is 12.6 Å². The van der Waals surface area contributed by atoms with Gasteiger partial charge in [0.15, 0.2) is 0 Å². The lowest BCUT2D eigenvalue weighted by molar-refractivity contribution is 0.238. The Labute approximate surface area is 98.5 Å². The van der Waals surface area contributed by atoms with E-state index < -0.39 is 0 Å². The number of rotatable bonds is 4. The molecular formula is C12H24N4. The second-order valence-electron chi connectivity index (χ2n) is 6.33. The van der Waals surface area contributed by atoms with Gasteiger partial charge in [-0.15, -0.1) is 10.2 Å². The number of nitrogens with one attached hydrogen (secondary N) is 1. The summed E-state index contributed by atoms with van der Waals surface area (Å²) in [4.78, 5) is 0. The molecule has 1 aromatic heterocycles. The van der Waals surface area contributed by atoms with Gasteiger partial charge in [0.05, 0.1) is 6.54 Å². The molecule has 1 heterocycles. The van der Waals surface area contributed by atoms with Crippen molar-refractivity contribution in [1.82, 2.24) is 20.1 Å². The van der Waals surface area contributed by atoms with E-state index in [0.717, 1.165) is 18.8 Å². The third-order valence-corrected chi connectivity index (χ3v) is 2.50. The maximum Gasteiger partial charge on any atom is 0.146 e. The van der Waals surface area contributed by atoms with E-state index in [1.165, 1.54) is 0 Å². The van der Waals surface area contributed by atoms with Gasteiger partial charge in [0.1, 0.15) is 12.2 Å². The molecule has 1 N–H and O–H groups in total. The molecule has 0 aliphatic carbocycles. The lowest BCUT2D eigenvalue weighted by atomic mass is 9.82. The van der Waals surface area contributed by atoms with Crippen molar-refractivity contribution in [2.45, 2.75) is 53.1 Å². The second-order valence-corrected chi connectivity index (χ2v) is 6.33. The molecule has 0 atom stereocenters. The van der Waals surface area contributed by atoms with Crippen molar-refractivity contribution in [1.29, 1.82) is 0 Å². The minimum absolute atomic E-state index is 0.115. The van der Waals surface area contributed by atoms with Crippen LogP contribution in [0.15, 0.2) is 6.33 Å². The van der Waals surface area contributed by atoms with Gasteiger partial charge in [-0.25, -0.2) is 0 Å². The van der Waals surface area contributed by atoms with Crippen LogP contribution in [-0.2, 0) is 13.6 Å². The van der Waals surface area contributed by atoms with Crippen LogP contribution < -0.4 is 5.32 Å². The molecule has 0 bridgehead atoms. The Morgan fingerprint density at radius 3 is 2.31 bits per heavy atom. The Morgan fingerprint density at radius 2 is 1.88 bits per heavy atom. The first-order chi connectivity index (χ1) is 7.20. The molecule has 0 unspecified atom stereocenters. The summed E-state index contributed by atoms with van der Waals surface area (Å²) in [6.07, 6.45) is 2.85. The fraction of sp³-hybridized carbons (Fsp3) is 0.833. The minimum Gasteiger partial charge on any atom is -0.320 e. The summed E-state index contributed by atoms with van der Waals surface area (Å²) < 4.78 is 1.94. The van der Waals surface area contributed by atoms with E-state index in [2.05, 4.69) is 50.1 Å². The van der Waals surface area contributed by atoms with Crippen molar-refractivity contribution >= 4 is 0 Å². The maximum atomic E-state index is 4.07. The normalized spacial score (nSPS) is 13.1. The second kappa shape index (κ2) is 4.53. The first kappa shape index (κ1) is 13.2. The summed E-state index contributed by atoms with van der Waals surface area (Å²) in [5, 5.41) is 11.5. The Kier molecular flexibility index (Phi) is 3.73. The standard InChI is InChI=1S/C12H24N4/c1-11(2,3)8-12(4,5)13-7-10-15-14-9-16(10)6/h9,13H,7-8H2,1-6H3. The van der Waals surface area contributed by atoms with Crippen LogP contribution in [0.5, 0.6) is 0 Å². The molecule has 0 saturated carbocycles. The number of nitrogens with zero attached hydrogens (tertiary/aromatic N) is 3. The zero-order chi connectivity index (χ0) is 12.4. The Morgan fingerprint density at radius 1 is 1.25 bits per heavy atom. The van der Waals surface area contributed by atoms with Crippen LogP contribution in [0.25, 0.3) is 0 Å². The molecule has 4 heteroatoms. The molecule has 0 amide bonds. The fourth-order valence-corrected chi connectivity index (χ4v) is 2.17. The van der Waals surface area contributed by atoms with Gasteiger partial charge < -0.3 is 9.88 Å². The number of hydrogen-bond donors (Lipinski definition) is 1. The quantitative estimate of drug-likeness (QED) is 0.852. The summed E-state index contributed by atoms with van der Waals surface area (Å²) in [6.45, 7) is 12.0. The summed E-state index contributed by atoms with van der Waals surface area (Å²) in [6, 6.07) is 0. The van der Waals surface area contributed by atoms with Crippen molar-refractivity contribution in [2.24, 2.45) is 12.5 Å². The molecule has 16 heavy (non-hydrogen) atoms. The average Bonchev–Trinajstić information content (AvgIpc) is 2.43. The summed E-state index contributed by atoms with van der Waals surface area (Å²) in [5.41, 5.74) is 0.445. The van der Waals surface area contributed by atoms with E-state index in [1.54, 1.807) is 6.33 Å². The molecule has 1 rings (SSSR count). The highest BCUT2D eigenvalue weighted by Gasteiger charge is 2.25. The molecule has 0 aromatic carbocycles. The Hall–Kier alpha value is -0.900. The third kappa shape index (κ3) is 4.31. The predicted molar refractivity (Wildman–Crippen MR) is 66.0 cm³/mol. The summed E-state index contributed by atoms with van der Waals surface area (Å²) in [7, 11) is 1.97. The summed E-state index contributed by atoms with van der Waals surface area (Å²) in [5.74, 6) is 0.974. The first-order valence-electron chi connectivity index (χ1n) is 5.78. The Balaban J connectivity index is 2.51. The topological polar surface area (TPSA) is 42.7 Å². The molecule has 0 aliphatic rings. The number of aryl methyl sites for hydroxylation is 1. The van der Waals surface area contributed by atoms with E-state index in [-0.39, 0.29) is 5.54 Å². The van der Waals surface area contributed by atoms with Crippen molar-refractivity contribution < 1.29 is 0 Å². The fourth-order valence-electron chi connectivity index (χ4n) is 2.17. The van der Waals surface area contributed by atoms with Gasteiger partial charge in [-0.1, -0.05) is 20.8 Å². The van der Waals surface area contributed by atoms with Crippen molar-refractivity contribution in [3.05, 3.63) is 12.2 Å². The lowest BCUT2D eigenvalue weighted by Crippen LogP contribution is -2.42. The number of aromatic nitrogens is 3. The molecule has 0 radical (unpaired) electrons.